The topological polar surface area (TPSA) is 19.6 Å². The summed E-state index contributed by atoms with van der Waals surface area (Å²) in [7, 11) is 0. The van der Waals surface area contributed by atoms with Crippen LogP contribution >= 0.6 is 0 Å². The molecule has 0 unspecified atom stereocenters. The number of fused-ring (bicyclic) bond motifs is 12. The van der Waals surface area contributed by atoms with Crippen molar-refractivity contribution in [1.82, 2.24) is 0 Å². The van der Waals surface area contributed by atoms with E-state index in [1.807, 2.05) is 6.07 Å². The second kappa shape index (κ2) is 11.1. The molecule has 0 N–H and O–H groups in total. The van der Waals surface area contributed by atoms with Gasteiger partial charge in [0, 0.05) is 27.8 Å². The van der Waals surface area contributed by atoms with Crippen LogP contribution in [0.2, 0.25) is 0 Å². The van der Waals surface area contributed by atoms with E-state index in [9.17, 15) is 0 Å². The molecule has 11 rings (SSSR count). The van der Waals surface area contributed by atoms with Crippen LogP contribution in [-0.4, -0.2) is 0 Å². The molecule has 1 aliphatic heterocycles. The summed E-state index contributed by atoms with van der Waals surface area (Å²) >= 11 is 0. The number of rotatable bonds is 4. The molecule has 1 aliphatic carbocycles. The highest BCUT2D eigenvalue weighted by molar-refractivity contribution is 6.10. The van der Waals surface area contributed by atoms with Gasteiger partial charge in [0.2, 0.25) is 0 Å². The fourth-order valence-corrected chi connectivity index (χ4v) is 9.00. The van der Waals surface area contributed by atoms with Crippen molar-refractivity contribution < 1.29 is 4.42 Å². The van der Waals surface area contributed by atoms with Crippen LogP contribution in [0.4, 0.5) is 34.1 Å². The Morgan fingerprint density at radius 1 is 0.423 bits per heavy atom. The largest absolute Gasteiger partial charge is 0.454 e. The van der Waals surface area contributed by atoms with E-state index in [4.69, 9.17) is 4.42 Å². The lowest BCUT2D eigenvalue weighted by atomic mass is 9.64. The van der Waals surface area contributed by atoms with Gasteiger partial charge < -0.3 is 14.2 Å². The molecule has 0 saturated heterocycles. The van der Waals surface area contributed by atoms with Crippen LogP contribution in [0, 0.1) is 0 Å². The third-order valence-corrected chi connectivity index (χ3v) is 11.0. The van der Waals surface area contributed by atoms with Gasteiger partial charge in [-0.3, -0.25) is 0 Å². The molecule has 0 amide bonds. The average Bonchev–Trinajstić information content (AvgIpc) is 3.74. The molecule has 2 heterocycles. The lowest BCUT2D eigenvalue weighted by Gasteiger charge is -2.45. The monoisotopic (exact) mass is 664 g/mol. The zero-order valence-corrected chi connectivity index (χ0v) is 28.3. The predicted octanol–water partition coefficient (Wildman–Crippen LogP) is 13.2. The molecule has 1 aromatic heterocycles. The maximum Gasteiger partial charge on any atom is 0.159 e. The van der Waals surface area contributed by atoms with Crippen molar-refractivity contribution in [2.45, 2.75) is 5.41 Å². The highest BCUT2D eigenvalue weighted by Crippen LogP contribution is 2.64. The van der Waals surface area contributed by atoms with Gasteiger partial charge in [-0.05, 0) is 94.0 Å². The molecule has 0 bridgehead atoms. The number of hydrogen-bond donors (Lipinski definition) is 0. The summed E-state index contributed by atoms with van der Waals surface area (Å²) in [5.41, 5.74) is 15.5. The van der Waals surface area contributed by atoms with Crippen LogP contribution in [0.15, 0.2) is 199 Å². The lowest BCUT2D eigenvalue weighted by Crippen LogP contribution is -2.36. The van der Waals surface area contributed by atoms with Gasteiger partial charge in [0.05, 0.1) is 22.5 Å². The third-order valence-electron chi connectivity index (χ3n) is 11.0. The standard InChI is InChI=1S/C49H32N2O/c1-3-16-33(17-4-1)50(46-28-15-22-39-38-21-8-14-29-47(38)52-48(39)46)35-30-31-37-36-20-7-9-23-40(36)49(43(37)32-35)41-24-10-12-26-44(41)51(34-18-5-2-6-19-34)45-27-13-11-25-42(45)49/h1-32H. The highest BCUT2D eigenvalue weighted by atomic mass is 16.3. The summed E-state index contributed by atoms with van der Waals surface area (Å²) < 4.78 is 6.66. The van der Waals surface area contributed by atoms with Gasteiger partial charge in [0.15, 0.2) is 5.58 Å². The first-order chi connectivity index (χ1) is 25.8. The van der Waals surface area contributed by atoms with Crippen molar-refractivity contribution in [3.8, 4) is 11.1 Å². The summed E-state index contributed by atoms with van der Waals surface area (Å²) in [6, 6.07) is 70.2. The summed E-state index contributed by atoms with van der Waals surface area (Å²) in [6.45, 7) is 0. The first kappa shape index (κ1) is 28.9. The first-order valence-corrected chi connectivity index (χ1v) is 17.9. The Balaban J connectivity index is 1.22. The van der Waals surface area contributed by atoms with Crippen LogP contribution in [-0.2, 0) is 5.41 Å². The van der Waals surface area contributed by atoms with Gasteiger partial charge in [-0.2, -0.15) is 0 Å². The van der Waals surface area contributed by atoms with Crippen LogP contribution in [0.25, 0.3) is 33.1 Å². The van der Waals surface area contributed by atoms with Gasteiger partial charge in [0.1, 0.15) is 5.58 Å². The first-order valence-electron chi connectivity index (χ1n) is 17.9. The molecule has 3 heteroatoms. The fraction of sp³-hybridized carbons (Fsp3) is 0.0204. The van der Waals surface area contributed by atoms with E-state index >= 15 is 0 Å². The second-order valence-corrected chi connectivity index (χ2v) is 13.7. The minimum Gasteiger partial charge on any atom is -0.454 e. The van der Waals surface area contributed by atoms with Gasteiger partial charge in [-0.15, -0.1) is 0 Å². The van der Waals surface area contributed by atoms with Crippen LogP contribution in [0.5, 0.6) is 0 Å². The smallest absolute Gasteiger partial charge is 0.159 e. The van der Waals surface area contributed by atoms with Gasteiger partial charge in [-0.1, -0.05) is 133 Å². The van der Waals surface area contributed by atoms with Crippen molar-refractivity contribution in [1.29, 1.82) is 0 Å². The SMILES string of the molecule is c1ccc(N2c3ccccc3C3(c4ccccc4-c4ccc(N(c5ccccc5)c5cccc6c5oc5ccccc56)cc43)c3ccccc32)cc1. The normalized spacial score (nSPS) is 13.5. The number of hydrogen-bond acceptors (Lipinski definition) is 3. The molecule has 0 fully saturated rings. The van der Waals surface area contributed by atoms with E-state index in [0.717, 1.165) is 44.7 Å². The van der Waals surface area contributed by atoms with Crippen molar-refractivity contribution in [2.75, 3.05) is 9.80 Å². The zero-order valence-electron chi connectivity index (χ0n) is 28.3. The highest BCUT2D eigenvalue weighted by Gasteiger charge is 2.51. The number of furan rings is 1. The Morgan fingerprint density at radius 2 is 1.02 bits per heavy atom. The minimum atomic E-state index is -0.547. The molecule has 0 saturated carbocycles. The summed E-state index contributed by atoms with van der Waals surface area (Å²) in [4.78, 5) is 4.79. The Hall–Kier alpha value is -6.84. The lowest BCUT2D eigenvalue weighted by molar-refractivity contribution is 0.669. The van der Waals surface area contributed by atoms with Gasteiger partial charge >= 0.3 is 0 Å². The Morgan fingerprint density at radius 3 is 1.79 bits per heavy atom. The van der Waals surface area contributed by atoms with Crippen LogP contribution in [0.3, 0.4) is 0 Å². The molecule has 0 radical (unpaired) electrons. The molecule has 3 nitrogen and oxygen atoms in total. The molecular weight excluding hydrogens is 633 g/mol. The molecule has 1 spiro atoms. The number of anilines is 6. The summed E-state index contributed by atoms with van der Waals surface area (Å²) in [6.07, 6.45) is 0. The molecule has 8 aromatic carbocycles. The zero-order chi connectivity index (χ0) is 34.2. The van der Waals surface area contributed by atoms with Crippen LogP contribution < -0.4 is 9.80 Å². The van der Waals surface area contributed by atoms with Gasteiger partial charge in [0.25, 0.3) is 0 Å². The van der Waals surface area contributed by atoms with Crippen molar-refractivity contribution in [3.63, 3.8) is 0 Å². The van der Waals surface area contributed by atoms with E-state index in [0.29, 0.717) is 0 Å². The van der Waals surface area contributed by atoms with Crippen molar-refractivity contribution >= 4 is 56.1 Å². The summed E-state index contributed by atoms with van der Waals surface area (Å²) in [5.74, 6) is 0. The molecule has 244 valence electrons. The Kier molecular flexibility index (Phi) is 6.17. The molecule has 9 aromatic rings. The molecular formula is C49H32N2O. The molecule has 2 aliphatic rings. The number of para-hydroxylation sites is 6. The minimum absolute atomic E-state index is 0.547. The second-order valence-electron chi connectivity index (χ2n) is 13.7. The van der Waals surface area contributed by atoms with Gasteiger partial charge in [-0.25, -0.2) is 0 Å². The Bertz CT molecular complexity index is 2770. The van der Waals surface area contributed by atoms with Crippen LogP contribution in [0.1, 0.15) is 22.3 Å². The van der Waals surface area contributed by atoms with Crippen molar-refractivity contribution in [2.24, 2.45) is 0 Å². The quantitative estimate of drug-likeness (QED) is 0.187. The average molecular weight is 665 g/mol. The fourth-order valence-electron chi connectivity index (χ4n) is 9.00. The molecule has 0 atom stereocenters. The molecule has 52 heavy (non-hydrogen) atoms. The maximum atomic E-state index is 6.66. The van der Waals surface area contributed by atoms with E-state index in [1.165, 1.54) is 44.8 Å². The van der Waals surface area contributed by atoms with E-state index in [1.54, 1.807) is 0 Å². The Labute approximate surface area is 302 Å². The number of benzene rings is 8. The summed E-state index contributed by atoms with van der Waals surface area (Å²) in [5, 5.41) is 2.23. The maximum absolute atomic E-state index is 6.66. The van der Waals surface area contributed by atoms with E-state index in [-0.39, 0.29) is 0 Å². The van der Waals surface area contributed by atoms with E-state index < -0.39 is 5.41 Å². The third kappa shape index (κ3) is 3.91. The van der Waals surface area contributed by atoms with Crippen molar-refractivity contribution in [3.05, 3.63) is 216 Å². The van der Waals surface area contributed by atoms with E-state index in [2.05, 4.69) is 198 Å². The number of nitrogens with zero attached hydrogens (tertiary/aromatic N) is 2. The predicted molar refractivity (Wildman–Crippen MR) is 214 cm³/mol.